The quantitative estimate of drug-likeness (QED) is 0.0814. The van der Waals surface area contributed by atoms with Crippen molar-refractivity contribution in [2.75, 3.05) is 30.3 Å². The van der Waals surface area contributed by atoms with Gasteiger partial charge in [-0.25, -0.2) is 17.6 Å². The minimum Gasteiger partial charge on any atom is -0.491 e. The van der Waals surface area contributed by atoms with Gasteiger partial charge in [0.25, 0.3) is 10.0 Å². The third-order valence-electron chi connectivity index (χ3n) is 8.07. The lowest BCUT2D eigenvalue weighted by atomic mass is 10.1. The Morgan fingerprint density at radius 2 is 1.37 bits per heavy atom. The largest absolute Gasteiger partial charge is 0.491 e. The first kappa shape index (κ1) is 40.2. The Labute approximate surface area is 315 Å². The van der Waals surface area contributed by atoms with Crippen LogP contribution in [0.4, 0.5) is 14.9 Å². The van der Waals surface area contributed by atoms with Crippen molar-refractivity contribution in [3.8, 4) is 11.5 Å². The summed E-state index contributed by atoms with van der Waals surface area (Å²) in [5.41, 5.74) is -0.635. The molecule has 0 aliphatic rings. The van der Waals surface area contributed by atoms with Crippen LogP contribution in [0.2, 0.25) is 0 Å². The van der Waals surface area contributed by atoms with Gasteiger partial charge in [0.05, 0.1) is 4.90 Å². The van der Waals surface area contributed by atoms with Gasteiger partial charge >= 0.3 is 6.09 Å². The number of amides is 1. The summed E-state index contributed by atoms with van der Waals surface area (Å²) in [7, 11) is -7.61. The van der Waals surface area contributed by atoms with Gasteiger partial charge in [-0.15, -0.1) is 0 Å². The van der Waals surface area contributed by atoms with Crippen LogP contribution >= 0.6 is 7.14 Å². The molecule has 0 radical (unpaired) electrons. The first-order valence-corrected chi connectivity index (χ1v) is 20.7. The van der Waals surface area contributed by atoms with Gasteiger partial charge in [0, 0.05) is 23.2 Å². The van der Waals surface area contributed by atoms with Crippen LogP contribution in [-0.4, -0.2) is 57.4 Å². The highest BCUT2D eigenvalue weighted by atomic mass is 32.2. The van der Waals surface area contributed by atoms with Gasteiger partial charge in [-0.1, -0.05) is 91.0 Å². The second kappa shape index (κ2) is 17.9. The van der Waals surface area contributed by atoms with E-state index in [1.807, 2.05) is 84.9 Å². The normalized spacial score (nSPS) is 12.5. The van der Waals surface area contributed by atoms with Gasteiger partial charge in [0.1, 0.15) is 47.7 Å². The summed E-state index contributed by atoms with van der Waals surface area (Å²) in [4.78, 5) is 13.0. The summed E-state index contributed by atoms with van der Waals surface area (Å²) in [6.07, 6.45) is -1.58. The zero-order chi connectivity index (χ0) is 38.8. The third-order valence-corrected chi connectivity index (χ3v) is 12.5. The molecule has 0 aliphatic carbocycles. The smallest absolute Gasteiger partial charge is 0.429 e. The molecule has 1 atom stereocenters. The molecule has 1 amide bonds. The second-order valence-corrected chi connectivity index (χ2v) is 18.0. The highest BCUT2D eigenvalue weighted by Gasteiger charge is 2.37. The number of carbonyl (C=O) groups excluding carboxylic acids is 1. The Morgan fingerprint density at radius 1 is 0.815 bits per heavy atom. The van der Waals surface area contributed by atoms with E-state index in [-0.39, 0.29) is 34.4 Å². The average Bonchev–Trinajstić information content (AvgIpc) is 3.16. The SMILES string of the molecule is CC(C)(C)OC(=O)N(c1cc(OCC(O)CNCCc2ccc(OCP(=O)(c3ccccc3)c3ccccc3)cc2)ccc1F)S(=O)(=O)c1ccccc1. The van der Waals surface area contributed by atoms with Crippen molar-refractivity contribution < 1.29 is 41.5 Å². The van der Waals surface area contributed by atoms with E-state index < -0.39 is 46.5 Å². The van der Waals surface area contributed by atoms with Crippen LogP contribution in [0.5, 0.6) is 11.5 Å². The standard InChI is InChI=1S/C41H44FN2O8PS/c1-41(2,3)52-40(46)44(54(48,49)37-17-11-6-12-18-37)39-27-34(23-24-38(39)42)50-29-32(45)28-43-26-25-31-19-21-33(22-20-31)51-30-53(47,35-13-7-4-8-14-35)36-15-9-5-10-16-36/h4-24,27,32,43,45H,25-26,28-30H2,1-3H3. The zero-order valence-electron chi connectivity index (χ0n) is 30.3. The Balaban J connectivity index is 1.13. The fourth-order valence-electron chi connectivity index (χ4n) is 5.37. The summed E-state index contributed by atoms with van der Waals surface area (Å²) in [5, 5.41) is 15.2. The predicted octanol–water partition coefficient (Wildman–Crippen LogP) is 6.88. The summed E-state index contributed by atoms with van der Waals surface area (Å²) >= 11 is 0. The lowest BCUT2D eigenvalue weighted by molar-refractivity contribution is 0.0607. The maximum atomic E-state index is 15.2. The van der Waals surface area contributed by atoms with Gasteiger partial charge in [-0.2, -0.15) is 4.31 Å². The molecule has 5 aromatic rings. The van der Waals surface area contributed by atoms with E-state index in [0.717, 1.165) is 28.3 Å². The van der Waals surface area contributed by atoms with E-state index in [9.17, 15) is 22.9 Å². The van der Waals surface area contributed by atoms with Gasteiger partial charge in [0.15, 0.2) is 7.14 Å². The summed E-state index contributed by atoms with van der Waals surface area (Å²) < 4.78 is 73.9. The monoisotopic (exact) mass is 774 g/mol. The number of ether oxygens (including phenoxy) is 3. The van der Waals surface area contributed by atoms with Gasteiger partial charge in [-0.3, -0.25) is 0 Å². The Morgan fingerprint density at radius 3 is 1.94 bits per heavy atom. The van der Waals surface area contributed by atoms with Crippen molar-refractivity contribution in [2.24, 2.45) is 0 Å². The second-order valence-electron chi connectivity index (χ2n) is 13.4. The van der Waals surface area contributed by atoms with Gasteiger partial charge in [-0.05, 0) is 75.7 Å². The topological polar surface area (TPSA) is 131 Å². The van der Waals surface area contributed by atoms with E-state index in [4.69, 9.17) is 14.2 Å². The van der Waals surface area contributed by atoms with E-state index in [1.54, 1.807) is 26.8 Å². The van der Waals surface area contributed by atoms with Crippen LogP contribution in [0.1, 0.15) is 26.3 Å². The highest BCUT2D eigenvalue weighted by Crippen LogP contribution is 2.43. The van der Waals surface area contributed by atoms with E-state index >= 15 is 4.39 Å². The molecule has 0 spiro atoms. The molecule has 0 heterocycles. The fraction of sp³-hybridized carbons (Fsp3) is 0.244. The van der Waals surface area contributed by atoms with E-state index in [0.29, 0.717) is 18.7 Å². The molecule has 0 saturated carbocycles. The van der Waals surface area contributed by atoms with Crippen LogP contribution in [0.25, 0.3) is 0 Å². The maximum Gasteiger partial charge on any atom is 0.429 e. The van der Waals surface area contributed by atoms with Crippen molar-refractivity contribution in [2.45, 2.75) is 43.8 Å². The number of aliphatic hydroxyl groups is 1. The molecule has 284 valence electrons. The Hall–Kier alpha value is -5.00. The number of nitrogens with zero attached hydrogens (tertiary/aromatic N) is 1. The molecule has 0 bridgehead atoms. The Kier molecular flexibility index (Phi) is 13.3. The zero-order valence-corrected chi connectivity index (χ0v) is 32.0. The van der Waals surface area contributed by atoms with Crippen molar-refractivity contribution in [1.29, 1.82) is 0 Å². The number of anilines is 1. The molecule has 0 aromatic heterocycles. The number of nitrogens with one attached hydrogen (secondary N) is 1. The molecule has 1 unspecified atom stereocenters. The molecule has 10 nitrogen and oxygen atoms in total. The van der Waals surface area contributed by atoms with E-state index in [1.165, 1.54) is 30.3 Å². The minimum absolute atomic E-state index is 0.0237. The van der Waals surface area contributed by atoms with Crippen LogP contribution < -0.4 is 29.7 Å². The number of benzene rings is 5. The molecule has 2 N–H and O–H groups in total. The summed E-state index contributed by atoms with van der Waals surface area (Å²) in [6.45, 7) is 5.22. The molecule has 5 rings (SSSR count). The minimum atomic E-state index is -4.58. The maximum absolute atomic E-state index is 15.2. The van der Waals surface area contributed by atoms with Crippen LogP contribution in [-0.2, 0) is 25.7 Å². The lowest BCUT2D eigenvalue weighted by Gasteiger charge is -2.27. The number of hydrogen-bond donors (Lipinski definition) is 2. The molecule has 0 aliphatic heterocycles. The molecule has 0 fully saturated rings. The third kappa shape index (κ3) is 10.6. The number of rotatable bonds is 16. The van der Waals surface area contributed by atoms with Gasteiger partial charge < -0.3 is 29.2 Å². The molecule has 54 heavy (non-hydrogen) atoms. The van der Waals surface area contributed by atoms with Gasteiger partial charge in [0.2, 0.25) is 0 Å². The van der Waals surface area contributed by atoms with Crippen LogP contribution in [0.15, 0.2) is 138 Å². The van der Waals surface area contributed by atoms with E-state index in [2.05, 4.69) is 5.32 Å². The number of halogens is 1. The predicted molar refractivity (Wildman–Crippen MR) is 209 cm³/mol. The molecular weight excluding hydrogens is 730 g/mol. The number of hydrogen-bond acceptors (Lipinski definition) is 9. The first-order chi connectivity index (χ1) is 25.8. The number of aliphatic hydroxyl groups excluding tert-OH is 1. The van der Waals surface area contributed by atoms with Crippen LogP contribution in [0, 0.1) is 5.82 Å². The van der Waals surface area contributed by atoms with Crippen molar-refractivity contribution in [1.82, 2.24) is 5.32 Å². The average molecular weight is 775 g/mol. The van der Waals surface area contributed by atoms with Crippen molar-refractivity contribution >= 4 is 39.6 Å². The molecule has 5 aromatic carbocycles. The molecular formula is C41H44FN2O8PS. The summed E-state index contributed by atoms with van der Waals surface area (Å²) in [6, 6.07) is 36.7. The lowest BCUT2D eigenvalue weighted by Crippen LogP contribution is -2.41. The van der Waals surface area contributed by atoms with Crippen molar-refractivity contribution in [3.05, 3.63) is 145 Å². The highest BCUT2D eigenvalue weighted by molar-refractivity contribution is 7.93. The molecule has 0 saturated heterocycles. The number of sulfonamides is 1. The first-order valence-electron chi connectivity index (χ1n) is 17.3. The Bertz CT molecular complexity index is 2090. The summed E-state index contributed by atoms with van der Waals surface area (Å²) in [5.74, 6) is -0.357. The van der Waals surface area contributed by atoms with Crippen molar-refractivity contribution in [3.63, 3.8) is 0 Å². The fourth-order valence-corrected chi connectivity index (χ4v) is 8.95. The van der Waals surface area contributed by atoms with Crippen LogP contribution in [0.3, 0.4) is 0 Å². The molecule has 13 heteroatoms. The number of carbonyl (C=O) groups is 1.